The molecular formula is C17H12Cl4N2O. The van der Waals surface area contributed by atoms with Gasteiger partial charge >= 0.3 is 5.69 Å². The molecule has 0 unspecified atom stereocenters. The molecule has 0 atom stereocenters. The van der Waals surface area contributed by atoms with Crippen LogP contribution in [0.2, 0.25) is 5.02 Å². The quantitative estimate of drug-likeness (QED) is 0.544. The summed E-state index contributed by atoms with van der Waals surface area (Å²) < 4.78 is 0.0658. The summed E-state index contributed by atoms with van der Waals surface area (Å²) in [6.45, 7) is 0.246. The Morgan fingerprint density at radius 2 is 1.75 bits per heavy atom. The average Bonchev–Trinajstić information content (AvgIpc) is 2.53. The number of nitrogens with zero attached hydrogens (tertiary/aromatic N) is 2. The summed E-state index contributed by atoms with van der Waals surface area (Å²) in [5.74, 6) is 0. The zero-order valence-electron chi connectivity index (χ0n) is 12.3. The molecule has 0 saturated carbocycles. The lowest BCUT2D eigenvalue weighted by atomic mass is 10.1. The molecule has 24 heavy (non-hydrogen) atoms. The van der Waals surface area contributed by atoms with Crippen LogP contribution in [0.4, 0.5) is 0 Å². The third-order valence-electron chi connectivity index (χ3n) is 3.61. The van der Waals surface area contributed by atoms with Gasteiger partial charge < -0.3 is 0 Å². The van der Waals surface area contributed by atoms with Gasteiger partial charge in [-0.05, 0) is 18.2 Å². The van der Waals surface area contributed by atoms with E-state index in [4.69, 9.17) is 46.4 Å². The van der Waals surface area contributed by atoms with E-state index in [0.29, 0.717) is 16.2 Å². The van der Waals surface area contributed by atoms with Crippen LogP contribution in [0.25, 0.3) is 22.2 Å². The molecule has 0 saturated heterocycles. The molecule has 0 aliphatic rings. The number of halogens is 4. The summed E-state index contributed by atoms with van der Waals surface area (Å²) in [6, 6.07) is 14.8. The standard InChI is InChI=1S/C17H12Cl4N2O/c18-12-6-7-14-13(10-12)15(11-4-2-1-3-5-11)22-16(24)23(14)9-8-17(19,20)21/h1-7,10H,8-9H2. The lowest BCUT2D eigenvalue weighted by Crippen LogP contribution is -2.26. The second kappa shape index (κ2) is 6.93. The molecule has 0 fully saturated rings. The number of benzene rings is 2. The van der Waals surface area contributed by atoms with Crippen molar-refractivity contribution < 1.29 is 0 Å². The first-order valence-corrected chi connectivity index (χ1v) is 8.68. The number of aryl methyl sites for hydroxylation is 1. The topological polar surface area (TPSA) is 34.9 Å². The molecule has 2 aromatic carbocycles. The monoisotopic (exact) mass is 400 g/mol. The smallest absolute Gasteiger partial charge is 0.292 e. The predicted molar refractivity (Wildman–Crippen MR) is 101 cm³/mol. The molecule has 3 rings (SSSR count). The van der Waals surface area contributed by atoms with Gasteiger partial charge in [0.05, 0.1) is 11.2 Å². The summed E-state index contributed by atoms with van der Waals surface area (Å²) in [6.07, 6.45) is 0.196. The summed E-state index contributed by atoms with van der Waals surface area (Å²) >= 11 is 23.6. The first kappa shape index (κ1) is 17.6. The highest BCUT2D eigenvalue weighted by Gasteiger charge is 2.21. The van der Waals surface area contributed by atoms with Gasteiger partial charge in [-0.3, -0.25) is 4.57 Å². The molecule has 3 nitrogen and oxygen atoms in total. The Morgan fingerprint density at radius 1 is 1.04 bits per heavy atom. The van der Waals surface area contributed by atoms with E-state index in [1.54, 1.807) is 18.2 Å². The first-order valence-electron chi connectivity index (χ1n) is 7.17. The first-order chi connectivity index (χ1) is 11.3. The number of hydrogen-bond donors (Lipinski definition) is 0. The lowest BCUT2D eigenvalue weighted by Gasteiger charge is -2.15. The maximum atomic E-state index is 12.5. The Hall–Kier alpha value is -1.26. The van der Waals surface area contributed by atoms with Crippen molar-refractivity contribution in [2.45, 2.75) is 16.8 Å². The Kier molecular flexibility index (Phi) is 5.07. The molecule has 0 aliphatic carbocycles. The minimum absolute atomic E-state index is 0.196. The van der Waals surface area contributed by atoms with Gasteiger partial charge in [0.15, 0.2) is 3.79 Å². The molecule has 0 amide bonds. The summed E-state index contributed by atoms with van der Waals surface area (Å²) in [4.78, 5) is 16.8. The fourth-order valence-corrected chi connectivity index (χ4v) is 2.95. The molecular weight excluding hydrogens is 390 g/mol. The van der Waals surface area contributed by atoms with Crippen LogP contribution < -0.4 is 5.69 Å². The van der Waals surface area contributed by atoms with Crippen LogP contribution in [0.15, 0.2) is 53.3 Å². The van der Waals surface area contributed by atoms with E-state index in [1.165, 1.54) is 4.57 Å². The third-order valence-corrected chi connectivity index (χ3v) is 4.41. The highest BCUT2D eigenvalue weighted by Crippen LogP contribution is 2.32. The summed E-state index contributed by atoms with van der Waals surface area (Å²) in [5.41, 5.74) is 1.74. The number of rotatable bonds is 3. The van der Waals surface area contributed by atoms with Crippen molar-refractivity contribution in [1.82, 2.24) is 9.55 Å². The van der Waals surface area contributed by atoms with Crippen LogP contribution in [-0.4, -0.2) is 13.3 Å². The van der Waals surface area contributed by atoms with Crippen LogP contribution in [0.3, 0.4) is 0 Å². The Labute approximate surface area is 158 Å². The van der Waals surface area contributed by atoms with Crippen LogP contribution in [0.1, 0.15) is 6.42 Å². The van der Waals surface area contributed by atoms with Gasteiger partial charge in [0, 0.05) is 28.9 Å². The van der Waals surface area contributed by atoms with Crippen molar-refractivity contribution in [3.63, 3.8) is 0 Å². The number of hydrogen-bond acceptors (Lipinski definition) is 2. The molecule has 0 radical (unpaired) electrons. The van der Waals surface area contributed by atoms with E-state index < -0.39 is 9.48 Å². The molecule has 3 aromatic rings. The van der Waals surface area contributed by atoms with E-state index in [-0.39, 0.29) is 13.0 Å². The van der Waals surface area contributed by atoms with Crippen LogP contribution in [0, 0.1) is 0 Å². The minimum Gasteiger partial charge on any atom is -0.292 e. The molecule has 7 heteroatoms. The number of fused-ring (bicyclic) bond motifs is 1. The second-order valence-corrected chi connectivity index (χ2v) is 8.24. The lowest BCUT2D eigenvalue weighted by molar-refractivity contribution is 0.638. The predicted octanol–water partition coefficient (Wildman–Crippen LogP) is 5.48. The van der Waals surface area contributed by atoms with E-state index in [1.807, 2.05) is 30.3 Å². The minimum atomic E-state index is -1.43. The van der Waals surface area contributed by atoms with E-state index in [9.17, 15) is 4.79 Å². The van der Waals surface area contributed by atoms with Gasteiger partial charge in [-0.15, -0.1) is 0 Å². The SMILES string of the molecule is O=c1nc(-c2ccccc2)c2cc(Cl)ccc2n1CCC(Cl)(Cl)Cl. The van der Waals surface area contributed by atoms with Crippen molar-refractivity contribution in [3.8, 4) is 11.3 Å². The number of alkyl halides is 3. The van der Waals surface area contributed by atoms with Gasteiger partial charge in [0.1, 0.15) is 0 Å². The zero-order chi connectivity index (χ0) is 17.3. The Balaban J connectivity index is 2.23. The van der Waals surface area contributed by atoms with Gasteiger partial charge in [-0.25, -0.2) is 4.79 Å². The van der Waals surface area contributed by atoms with Gasteiger partial charge in [-0.1, -0.05) is 76.7 Å². The molecule has 1 aromatic heterocycles. The summed E-state index contributed by atoms with van der Waals surface area (Å²) in [7, 11) is 0. The largest absolute Gasteiger partial charge is 0.348 e. The number of aromatic nitrogens is 2. The molecule has 0 N–H and O–H groups in total. The maximum Gasteiger partial charge on any atom is 0.348 e. The molecule has 0 bridgehead atoms. The van der Waals surface area contributed by atoms with E-state index in [2.05, 4.69) is 4.98 Å². The fraction of sp³-hybridized carbons (Fsp3) is 0.176. The van der Waals surface area contributed by atoms with Gasteiger partial charge in [-0.2, -0.15) is 4.98 Å². The Bertz CT molecular complexity index is 933. The van der Waals surface area contributed by atoms with Crippen molar-refractivity contribution in [3.05, 3.63) is 64.0 Å². The van der Waals surface area contributed by atoms with E-state index in [0.717, 1.165) is 10.9 Å². The Morgan fingerprint density at radius 3 is 2.42 bits per heavy atom. The molecule has 1 heterocycles. The van der Waals surface area contributed by atoms with Crippen molar-refractivity contribution >= 4 is 57.3 Å². The molecule has 0 spiro atoms. The van der Waals surface area contributed by atoms with E-state index >= 15 is 0 Å². The highest BCUT2D eigenvalue weighted by molar-refractivity contribution is 6.67. The van der Waals surface area contributed by atoms with Crippen LogP contribution >= 0.6 is 46.4 Å². The maximum absolute atomic E-state index is 12.5. The zero-order valence-corrected chi connectivity index (χ0v) is 15.4. The summed E-state index contributed by atoms with van der Waals surface area (Å²) in [5, 5.41) is 1.34. The molecule has 124 valence electrons. The fourth-order valence-electron chi connectivity index (χ4n) is 2.52. The normalized spacial score (nSPS) is 11.8. The van der Waals surface area contributed by atoms with Crippen molar-refractivity contribution in [2.75, 3.05) is 0 Å². The second-order valence-electron chi connectivity index (χ2n) is 5.29. The van der Waals surface area contributed by atoms with Crippen LogP contribution in [0.5, 0.6) is 0 Å². The van der Waals surface area contributed by atoms with Crippen LogP contribution in [-0.2, 0) is 6.54 Å². The average molecular weight is 402 g/mol. The third kappa shape index (κ3) is 3.86. The van der Waals surface area contributed by atoms with Gasteiger partial charge in [0.25, 0.3) is 0 Å². The van der Waals surface area contributed by atoms with Gasteiger partial charge in [0.2, 0.25) is 0 Å². The highest BCUT2D eigenvalue weighted by atomic mass is 35.6. The van der Waals surface area contributed by atoms with Crippen molar-refractivity contribution in [2.24, 2.45) is 0 Å². The molecule has 0 aliphatic heterocycles. The van der Waals surface area contributed by atoms with Crippen molar-refractivity contribution in [1.29, 1.82) is 0 Å².